The molecule has 2 unspecified atom stereocenters. The lowest BCUT2D eigenvalue weighted by Gasteiger charge is -2.36. The van der Waals surface area contributed by atoms with Gasteiger partial charge in [0.05, 0.1) is 5.92 Å². The predicted molar refractivity (Wildman–Crippen MR) is 80.3 cm³/mol. The Labute approximate surface area is 121 Å². The van der Waals surface area contributed by atoms with E-state index in [1.54, 1.807) is 0 Å². The third-order valence-electron chi connectivity index (χ3n) is 4.58. The topological polar surface area (TPSA) is 32.3 Å². The summed E-state index contributed by atoms with van der Waals surface area (Å²) in [5.74, 6) is 0.452. The molecular formula is C17H24N2O. The number of amides is 1. The van der Waals surface area contributed by atoms with Gasteiger partial charge in [-0.2, -0.15) is 0 Å². The van der Waals surface area contributed by atoms with Gasteiger partial charge in [0.2, 0.25) is 5.91 Å². The van der Waals surface area contributed by atoms with Crippen molar-refractivity contribution in [2.75, 3.05) is 13.1 Å². The van der Waals surface area contributed by atoms with Gasteiger partial charge in [-0.15, -0.1) is 0 Å². The monoisotopic (exact) mass is 272 g/mol. The average molecular weight is 272 g/mol. The minimum atomic E-state index is 0.176. The Morgan fingerprint density at radius 1 is 1.25 bits per heavy atom. The van der Waals surface area contributed by atoms with Crippen molar-refractivity contribution in [3.63, 3.8) is 0 Å². The van der Waals surface area contributed by atoms with E-state index in [0.29, 0.717) is 12.1 Å². The Bertz CT molecular complexity index is 455. The van der Waals surface area contributed by atoms with E-state index >= 15 is 0 Å². The van der Waals surface area contributed by atoms with Crippen molar-refractivity contribution in [1.82, 2.24) is 10.2 Å². The molecule has 1 N–H and O–H groups in total. The fourth-order valence-electron chi connectivity index (χ4n) is 3.06. The second kappa shape index (κ2) is 5.96. The minimum Gasteiger partial charge on any atom is -0.353 e. The normalized spacial score (nSPS) is 25.1. The zero-order chi connectivity index (χ0) is 13.9. The zero-order valence-electron chi connectivity index (χ0n) is 12.2. The highest BCUT2D eigenvalue weighted by Crippen LogP contribution is 2.27. The molecule has 1 heterocycles. The van der Waals surface area contributed by atoms with Crippen molar-refractivity contribution < 1.29 is 4.79 Å². The highest BCUT2D eigenvalue weighted by molar-refractivity contribution is 5.79. The van der Waals surface area contributed by atoms with E-state index in [0.717, 1.165) is 25.9 Å². The number of hydrogen-bond donors (Lipinski definition) is 1. The number of nitrogens with zero attached hydrogens (tertiary/aromatic N) is 1. The van der Waals surface area contributed by atoms with Crippen molar-refractivity contribution in [1.29, 1.82) is 0 Å². The molecule has 1 aliphatic carbocycles. The molecule has 20 heavy (non-hydrogen) atoms. The summed E-state index contributed by atoms with van der Waals surface area (Å²) < 4.78 is 0. The van der Waals surface area contributed by atoms with Crippen molar-refractivity contribution in [2.24, 2.45) is 5.92 Å². The van der Waals surface area contributed by atoms with E-state index < -0.39 is 0 Å². The summed E-state index contributed by atoms with van der Waals surface area (Å²) >= 11 is 0. The second-order valence-corrected chi connectivity index (χ2v) is 6.20. The van der Waals surface area contributed by atoms with Crippen LogP contribution in [0.3, 0.4) is 0 Å². The van der Waals surface area contributed by atoms with Gasteiger partial charge in [-0.25, -0.2) is 0 Å². The lowest BCUT2D eigenvalue weighted by Crippen LogP contribution is -2.44. The molecule has 108 valence electrons. The van der Waals surface area contributed by atoms with Crippen molar-refractivity contribution in [2.45, 2.75) is 44.7 Å². The van der Waals surface area contributed by atoms with Crippen LogP contribution in [0.15, 0.2) is 30.3 Å². The SMILES string of the molecule is CC(c1ccccc1)N1CCCC(C(=O)NC2CC2)C1. The molecule has 1 saturated carbocycles. The Balaban J connectivity index is 1.60. The Hall–Kier alpha value is -1.35. The molecule has 1 saturated heterocycles. The van der Waals surface area contributed by atoms with Crippen LogP contribution in [0.25, 0.3) is 0 Å². The van der Waals surface area contributed by atoms with Crippen LogP contribution in [0.2, 0.25) is 0 Å². The summed E-state index contributed by atoms with van der Waals surface area (Å²) in [6.07, 6.45) is 4.50. The molecule has 3 heteroatoms. The van der Waals surface area contributed by atoms with Gasteiger partial charge in [0.15, 0.2) is 0 Å². The average Bonchev–Trinajstić information content (AvgIpc) is 3.31. The quantitative estimate of drug-likeness (QED) is 0.914. The van der Waals surface area contributed by atoms with Crippen LogP contribution in [-0.2, 0) is 4.79 Å². The van der Waals surface area contributed by atoms with E-state index in [1.807, 2.05) is 0 Å². The van der Waals surface area contributed by atoms with Gasteiger partial charge in [0.25, 0.3) is 0 Å². The van der Waals surface area contributed by atoms with Gasteiger partial charge >= 0.3 is 0 Å². The maximum Gasteiger partial charge on any atom is 0.224 e. The van der Waals surface area contributed by atoms with E-state index in [9.17, 15) is 4.79 Å². The molecule has 0 spiro atoms. The van der Waals surface area contributed by atoms with Gasteiger partial charge in [0.1, 0.15) is 0 Å². The van der Waals surface area contributed by atoms with Crippen LogP contribution >= 0.6 is 0 Å². The molecule has 1 aromatic rings. The summed E-state index contributed by atoms with van der Waals surface area (Å²) in [5, 5.41) is 3.16. The largest absolute Gasteiger partial charge is 0.353 e. The summed E-state index contributed by atoms with van der Waals surface area (Å²) in [5.41, 5.74) is 1.34. The molecule has 2 aliphatic rings. The van der Waals surface area contributed by atoms with E-state index in [-0.39, 0.29) is 11.8 Å². The predicted octanol–water partition coefficient (Wildman–Crippen LogP) is 2.74. The number of hydrogen-bond acceptors (Lipinski definition) is 2. The molecule has 2 fully saturated rings. The van der Waals surface area contributed by atoms with Crippen LogP contribution in [0, 0.1) is 5.92 Å². The first kappa shape index (κ1) is 13.6. The highest BCUT2D eigenvalue weighted by Gasteiger charge is 2.31. The van der Waals surface area contributed by atoms with Crippen molar-refractivity contribution >= 4 is 5.91 Å². The van der Waals surface area contributed by atoms with Crippen LogP contribution in [0.5, 0.6) is 0 Å². The molecule has 3 nitrogen and oxygen atoms in total. The molecule has 2 atom stereocenters. The van der Waals surface area contributed by atoms with Gasteiger partial charge in [-0.1, -0.05) is 30.3 Å². The van der Waals surface area contributed by atoms with E-state index in [1.165, 1.54) is 18.4 Å². The fraction of sp³-hybridized carbons (Fsp3) is 0.588. The molecule has 0 bridgehead atoms. The third kappa shape index (κ3) is 3.21. The molecular weight excluding hydrogens is 248 g/mol. The number of nitrogens with one attached hydrogen (secondary N) is 1. The number of likely N-dealkylation sites (tertiary alicyclic amines) is 1. The van der Waals surface area contributed by atoms with E-state index in [2.05, 4.69) is 47.5 Å². The number of rotatable bonds is 4. The summed E-state index contributed by atoms with van der Waals surface area (Å²) in [7, 11) is 0. The second-order valence-electron chi connectivity index (χ2n) is 6.20. The van der Waals surface area contributed by atoms with Crippen LogP contribution in [0.4, 0.5) is 0 Å². The molecule has 1 amide bonds. The van der Waals surface area contributed by atoms with Gasteiger partial charge in [0, 0.05) is 18.6 Å². The van der Waals surface area contributed by atoms with Crippen LogP contribution < -0.4 is 5.32 Å². The van der Waals surface area contributed by atoms with Gasteiger partial charge in [-0.3, -0.25) is 9.69 Å². The number of piperidine rings is 1. The molecule has 3 rings (SSSR count). The minimum absolute atomic E-state index is 0.176. The fourth-order valence-corrected chi connectivity index (χ4v) is 3.06. The molecule has 0 aromatic heterocycles. The first-order valence-corrected chi connectivity index (χ1v) is 7.83. The Morgan fingerprint density at radius 2 is 2.00 bits per heavy atom. The lowest BCUT2D eigenvalue weighted by atomic mass is 9.94. The summed E-state index contributed by atoms with van der Waals surface area (Å²) in [6, 6.07) is 11.5. The zero-order valence-corrected chi connectivity index (χ0v) is 12.2. The lowest BCUT2D eigenvalue weighted by molar-refractivity contribution is -0.127. The first-order valence-electron chi connectivity index (χ1n) is 7.83. The summed E-state index contributed by atoms with van der Waals surface area (Å²) in [6.45, 7) is 4.24. The maximum atomic E-state index is 12.2. The van der Waals surface area contributed by atoms with E-state index in [4.69, 9.17) is 0 Å². The number of carbonyl (C=O) groups excluding carboxylic acids is 1. The molecule has 0 radical (unpaired) electrons. The third-order valence-corrected chi connectivity index (χ3v) is 4.58. The van der Waals surface area contributed by atoms with Crippen molar-refractivity contribution in [3.8, 4) is 0 Å². The smallest absolute Gasteiger partial charge is 0.224 e. The first-order chi connectivity index (χ1) is 9.74. The number of carbonyl (C=O) groups is 1. The Kier molecular flexibility index (Phi) is 4.06. The summed E-state index contributed by atoms with van der Waals surface area (Å²) in [4.78, 5) is 14.7. The van der Waals surface area contributed by atoms with Crippen LogP contribution in [-0.4, -0.2) is 29.9 Å². The maximum absolute atomic E-state index is 12.2. The standard InChI is InChI=1S/C17H24N2O/c1-13(14-6-3-2-4-7-14)19-11-5-8-15(12-19)17(20)18-16-9-10-16/h2-4,6-7,13,15-16H,5,8-12H2,1H3,(H,18,20). The molecule has 1 aliphatic heterocycles. The van der Waals surface area contributed by atoms with Crippen molar-refractivity contribution in [3.05, 3.63) is 35.9 Å². The van der Waals surface area contributed by atoms with Gasteiger partial charge < -0.3 is 5.32 Å². The van der Waals surface area contributed by atoms with Crippen LogP contribution in [0.1, 0.15) is 44.2 Å². The number of benzene rings is 1. The highest BCUT2D eigenvalue weighted by atomic mass is 16.2. The Morgan fingerprint density at radius 3 is 2.70 bits per heavy atom. The van der Waals surface area contributed by atoms with Gasteiger partial charge in [-0.05, 0) is 44.7 Å². The molecule has 1 aromatic carbocycles.